The number of para-hydroxylation sites is 1. The van der Waals surface area contributed by atoms with Crippen LogP contribution in [0.15, 0.2) is 24.4 Å². The number of aromatic nitrogens is 1. The first-order chi connectivity index (χ1) is 6.33. The summed E-state index contributed by atoms with van der Waals surface area (Å²) in [5.74, 6) is 0.744. The molecular formula is C10H10FNS. The summed E-state index contributed by atoms with van der Waals surface area (Å²) in [6.07, 6.45) is 3.92. The number of rotatable bonds is 2. The highest BCUT2D eigenvalue weighted by Gasteiger charge is 2.05. The predicted molar refractivity (Wildman–Crippen MR) is 55.5 cm³/mol. The van der Waals surface area contributed by atoms with Crippen molar-refractivity contribution in [1.29, 1.82) is 0 Å². The van der Waals surface area contributed by atoms with Crippen molar-refractivity contribution in [3.63, 3.8) is 0 Å². The van der Waals surface area contributed by atoms with Crippen molar-refractivity contribution in [2.24, 2.45) is 0 Å². The Hall–Kier alpha value is -0.960. The lowest BCUT2D eigenvalue weighted by Crippen LogP contribution is -1.78. The van der Waals surface area contributed by atoms with Gasteiger partial charge < -0.3 is 4.98 Å². The van der Waals surface area contributed by atoms with E-state index in [1.807, 2.05) is 18.5 Å². The van der Waals surface area contributed by atoms with Gasteiger partial charge in [0.2, 0.25) is 0 Å². The number of fused-ring (bicyclic) bond motifs is 1. The molecule has 3 heteroatoms. The van der Waals surface area contributed by atoms with Crippen LogP contribution in [0.2, 0.25) is 0 Å². The third-order valence-corrected chi connectivity index (χ3v) is 2.65. The van der Waals surface area contributed by atoms with Gasteiger partial charge in [-0.05, 0) is 17.9 Å². The SMILES string of the molecule is CSCc1c[nH]c2c(F)cccc12. The van der Waals surface area contributed by atoms with Gasteiger partial charge in [0.1, 0.15) is 5.82 Å². The Labute approximate surface area is 80.3 Å². The highest BCUT2D eigenvalue weighted by molar-refractivity contribution is 7.97. The minimum absolute atomic E-state index is 0.176. The van der Waals surface area contributed by atoms with Gasteiger partial charge in [0, 0.05) is 17.3 Å². The molecule has 0 radical (unpaired) electrons. The summed E-state index contributed by atoms with van der Waals surface area (Å²) >= 11 is 1.74. The molecule has 0 aliphatic rings. The van der Waals surface area contributed by atoms with E-state index in [2.05, 4.69) is 4.98 Å². The van der Waals surface area contributed by atoms with Gasteiger partial charge in [-0.1, -0.05) is 12.1 Å². The fraction of sp³-hybridized carbons (Fsp3) is 0.200. The van der Waals surface area contributed by atoms with Gasteiger partial charge in [0.25, 0.3) is 0 Å². The first kappa shape index (κ1) is 8.63. The molecule has 13 heavy (non-hydrogen) atoms. The van der Waals surface area contributed by atoms with Gasteiger partial charge in [-0.3, -0.25) is 0 Å². The minimum Gasteiger partial charge on any atom is -0.358 e. The smallest absolute Gasteiger partial charge is 0.147 e. The molecule has 1 heterocycles. The molecule has 0 unspecified atom stereocenters. The predicted octanol–water partition coefficient (Wildman–Crippen LogP) is 3.17. The molecule has 0 atom stereocenters. The fourth-order valence-corrected chi connectivity index (χ4v) is 2.00. The summed E-state index contributed by atoms with van der Waals surface area (Å²) in [6, 6.07) is 5.16. The molecule has 0 saturated carbocycles. The van der Waals surface area contributed by atoms with Crippen LogP contribution in [0.5, 0.6) is 0 Å². The normalized spacial score (nSPS) is 10.9. The molecule has 2 rings (SSSR count). The Bertz CT molecular complexity index is 422. The van der Waals surface area contributed by atoms with Gasteiger partial charge in [-0.2, -0.15) is 11.8 Å². The summed E-state index contributed by atoms with van der Waals surface area (Å²) in [4.78, 5) is 2.95. The lowest BCUT2D eigenvalue weighted by Gasteiger charge is -1.95. The Kier molecular flexibility index (Phi) is 2.27. The van der Waals surface area contributed by atoms with E-state index in [1.54, 1.807) is 17.8 Å². The van der Waals surface area contributed by atoms with E-state index in [4.69, 9.17) is 0 Å². The first-order valence-corrected chi connectivity index (χ1v) is 5.45. The molecule has 0 aliphatic heterocycles. The Morgan fingerprint density at radius 1 is 1.46 bits per heavy atom. The van der Waals surface area contributed by atoms with E-state index < -0.39 is 0 Å². The molecule has 68 valence electrons. The highest BCUT2D eigenvalue weighted by Crippen LogP contribution is 2.23. The molecule has 0 amide bonds. The van der Waals surface area contributed by atoms with Gasteiger partial charge in [0.15, 0.2) is 0 Å². The van der Waals surface area contributed by atoms with Crippen LogP contribution in [0, 0.1) is 5.82 Å². The monoisotopic (exact) mass is 195 g/mol. The van der Waals surface area contributed by atoms with Crippen LogP contribution < -0.4 is 0 Å². The van der Waals surface area contributed by atoms with Gasteiger partial charge in [-0.15, -0.1) is 0 Å². The van der Waals surface area contributed by atoms with Crippen LogP contribution in [-0.4, -0.2) is 11.2 Å². The zero-order chi connectivity index (χ0) is 9.26. The van der Waals surface area contributed by atoms with Gasteiger partial charge >= 0.3 is 0 Å². The number of hydrogen-bond acceptors (Lipinski definition) is 1. The summed E-state index contributed by atoms with van der Waals surface area (Å²) in [5.41, 5.74) is 1.79. The third kappa shape index (κ3) is 1.44. The maximum Gasteiger partial charge on any atom is 0.147 e. The van der Waals surface area contributed by atoms with E-state index in [9.17, 15) is 4.39 Å². The average molecular weight is 195 g/mol. The van der Waals surface area contributed by atoms with Crippen molar-refractivity contribution in [2.45, 2.75) is 5.75 Å². The van der Waals surface area contributed by atoms with Crippen LogP contribution in [0.4, 0.5) is 4.39 Å². The number of H-pyrrole nitrogens is 1. The molecular weight excluding hydrogens is 185 g/mol. The molecule has 1 N–H and O–H groups in total. The molecule has 0 spiro atoms. The molecule has 2 aromatic rings. The molecule has 0 fully saturated rings. The van der Waals surface area contributed by atoms with Crippen molar-refractivity contribution in [3.05, 3.63) is 35.8 Å². The minimum atomic E-state index is -0.176. The summed E-state index contributed by atoms with van der Waals surface area (Å²) < 4.78 is 13.2. The van der Waals surface area contributed by atoms with Gasteiger partial charge in [-0.25, -0.2) is 4.39 Å². The molecule has 1 nitrogen and oxygen atoms in total. The van der Waals surface area contributed by atoms with Crippen molar-refractivity contribution in [3.8, 4) is 0 Å². The van der Waals surface area contributed by atoms with Crippen LogP contribution in [0.25, 0.3) is 10.9 Å². The molecule has 0 saturated heterocycles. The number of thioether (sulfide) groups is 1. The molecule has 1 aromatic carbocycles. The van der Waals surface area contributed by atoms with Crippen LogP contribution in [0.3, 0.4) is 0 Å². The van der Waals surface area contributed by atoms with E-state index >= 15 is 0 Å². The summed E-state index contributed by atoms with van der Waals surface area (Å²) in [6.45, 7) is 0. The van der Waals surface area contributed by atoms with Crippen molar-refractivity contribution < 1.29 is 4.39 Å². The second kappa shape index (κ2) is 3.42. The summed E-state index contributed by atoms with van der Waals surface area (Å²) in [7, 11) is 0. The third-order valence-electron chi connectivity index (χ3n) is 2.05. The number of nitrogens with one attached hydrogen (secondary N) is 1. The highest BCUT2D eigenvalue weighted by atomic mass is 32.2. The number of halogens is 1. The van der Waals surface area contributed by atoms with E-state index in [-0.39, 0.29) is 5.82 Å². The van der Waals surface area contributed by atoms with Crippen molar-refractivity contribution in [1.82, 2.24) is 4.98 Å². The summed E-state index contributed by atoms with van der Waals surface area (Å²) in [5, 5.41) is 0.995. The Morgan fingerprint density at radius 3 is 3.08 bits per heavy atom. The van der Waals surface area contributed by atoms with Crippen LogP contribution >= 0.6 is 11.8 Å². The van der Waals surface area contributed by atoms with Crippen molar-refractivity contribution >= 4 is 22.7 Å². The molecule has 1 aromatic heterocycles. The molecule has 0 bridgehead atoms. The Morgan fingerprint density at radius 2 is 2.31 bits per heavy atom. The first-order valence-electron chi connectivity index (χ1n) is 4.06. The topological polar surface area (TPSA) is 15.8 Å². The van der Waals surface area contributed by atoms with E-state index in [0.717, 1.165) is 11.1 Å². The van der Waals surface area contributed by atoms with Crippen LogP contribution in [-0.2, 0) is 5.75 Å². The van der Waals surface area contributed by atoms with Gasteiger partial charge in [0.05, 0.1) is 5.52 Å². The number of aromatic amines is 1. The maximum absolute atomic E-state index is 13.2. The maximum atomic E-state index is 13.2. The molecule has 0 aliphatic carbocycles. The zero-order valence-electron chi connectivity index (χ0n) is 7.30. The number of benzene rings is 1. The zero-order valence-corrected chi connectivity index (χ0v) is 8.12. The lowest BCUT2D eigenvalue weighted by molar-refractivity contribution is 0.637. The largest absolute Gasteiger partial charge is 0.358 e. The van der Waals surface area contributed by atoms with E-state index in [0.29, 0.717) is 5.52 Å². The lowest BCUT2D eigenvalue weighted by atomic mass is 10.2. The second-order valence-electron chi connectivity index (χ2n) is 2.91. The van der Waals surface area contributed by atoms with Crippen molar-refractivity contribution in [2.75, 3.05) is 6.26 Å². The number of hydrogen-bond donors (Lipinski definition) is 1. The van der Waals surface area contributed by atoms with E-state index in [1.165, 1.54) is 11.6 Å². The standard InChI is InChI=1S/C10H10FNS/c1-13-6-7-5-12-10-8(7)3-2-4-9(10)11/h2-5,12H,6H2,1H3. The fourth-order valence-electron chi connectivity index (χ4n) is 1.45. The quantitative estimate of drug-likeness (QED) is 0.778. The second-order valence-corrected chi connectivity index (χ2v) is 3.78. The average Bonchev–Trinajstić information content (AvgIpc) is 2.51. The Balaban J connectivity index is 2.61. The van der Waals surface area contributed by atoms with Crippen LogP contribution in [0.1, 0.15) is 5.56 Å².